The first-order valence-electron chi connectivity index (χ1n) is 4.63. The molecule has 78 valence electrons. The first-order chi connectivity index (χ1) is 6.79. The maximum absolute atomic E-state index is 9.42. The minimum absolute atomic E-state index is 0.0152. The molecular formula is C11H17NO2. The molecule has 0 aromatic heterocycles. The molecule has 0 aliphatic rings. The van der Waals surface area contributed by atoms with Crippen molar-refractivity contribution in [3.05, 3.63) is 35.9 Å². The number of aliphatic hydroxyl groups is 1. The third-order valence-corrected chi connectivity index (χ3v) is 2.47. The standard InChI is InChI=1S/C11H17NO2/c1-12-11(8-13,9-14-2)10-6-4-3-5-7-10/h3-7,12-13H,8-9H2,1-2H3. The second kappa shape index (κ2) is 5.10. The molecule has 3 nitrogen and oxygen atoms in total. The van der Waals surface area contributed by atoms with Crippen LogP contribution in [0.2, 0.25) is 0 Å². The summed E-state index contributed by atoms with van der Waals surface area (Å²) >= 11 is 0. The highest BCUT2D eigenvalue weighted by atomic mass is 16.5. The number of methoxy groups -OCH3 is 1. The first-order valence-corrected chi connectivity index (χ1v) is 4.63. The van der Waals surface area contributed by atoms with E-state index in [1.165, 1.54) is 0 Å². The van der Waals surface area contributed by atoms with Gasteiger partial charge in [0.15, 0.2) is 0 Å². The van der Waals surface area contributed by atoms with Crippen molar-refractivity contribution < 1.29 is 9.84 Å². The lowest BCUT2D eigenvalue weighted by molar-refractivity contribution is 0.0657. The molecule has 0 aliphatic heterocycles. The Labute approximate surface area is 84.7 Å². The molecule has 2 N–H and O–H groups in total. The molecular weight excluding hydrogens is 178 g/mol. The van der Waals surface area contributed by atoms with E-state index in [2.05, 4.69) is 5.32 Å². The van der Waals surface area contributed by atoms with Crippen molar-refractivity contribution in [2.24, 2.45) is 0 Å². The maximum Gasteiger partial charge on any atom is 0.0903 e. The zero-order valence-corrected chi connectivity index (χ0v) is 8.66. The molecule has 0 bridgehead atoms. The van der Waals surface area contributed by atoms with Crippen LogP contribution in [0.25, 0.3) is 0 Å². The van der Waals surface area contributed by atoms with Crippen molar-refractivity contribution in [2.45, 2.75) is 5.54 Å². The summed E-state index contributed by atoms with van der Waals surface area (Å²) < 4.78 is 5.12. The van der Waals surface area contributed by atoms with E-state index in [9.17, 15) is 5.11 Å². The Morgan fingerprint density at radius 2 is 2.00 bits per heavy atom. The van der Waals surface area contributed by atoms with Crippen molar-refractivity contribution in [1.82, 2.24) is 5.32 Å². The normalized spacial score (nSPS) is 15.1. The summed E-state index contributed by atoms with van der Waals surface area (Å²) in [5.74, 6) is 0. The lowest BCUT2D eigenvalue weighted by Crippen LogP contribution is -2.47. The molecule has 14 heavy (non-hydrogen) atoms. The van der Waals surface area contributed by atoms with Crippen LogP contribution in [0.3, 0.4) is 0 Å². The topological polar surface area (TPSA) is 41.5 Å². The number of hydrogen-bond donors (Lipinski definition) is 2. The van der Waals surface area contributed by atoms with E-state index < -0.39 is 5.54 Å². The lowest BCUT2D eigenvalue weighted by atomic mass is 9.92. The quantitative estimate of drug-likeness (QED) is 0.728. The minimum atomic E-state index is -0.490. The lowest BCUT2D eigenvalue weighted by Gasteiger charge is -2.31. The summed E-state index contributed by atoms with van der Waals surface area (Å²) in [6, 6.07) is 9.81. The summed E-state index contributed by atoms with van der Waals surface area (Å²) in [4.78, 5) is 0. The number of aliphatic hydroxyl groups excluding tert-OH is 1. The molecule has 0 aliphatic carbocycles. The average Bonchev–Trinajstić information content (AvgIpc) is 2.27. The molecule has 0 fully saturated rings. The highest BCUT2D eigenvalue weighted by molar-refractivity contribution is 5.24. The van der Waals surface area contributed by atoms with Crippen molar-refractivity contribution >= 4 is 0 Å². The molecule has 0 saturated carbocycles. The number of ether oxygens (including phenoxy) is 1. The monoisotopic (exact) mass is 195 g/mol. The van der Waals surface area contributed by atoms with Crippen LogP contribution in [-0.2, 0) is 10.3 Å². The molecule has 1 unspecified atom stereocenters. The molecule has 3 heteroatoms. The fraction of sp³-hybridized carbons (Fsp3) is 0.455. The Kier molecular flexibility index (Phi) is 4.07. The molecule has 0 spiro atoms. The van der Waals surface area contributed by atoms with Gasteiger partial charge in [-0.3, -0.25) is 0 Å². The largest absolute Gasteiger partial charge is 0.394 e. The van der Waals surface area contributed by atoms with Gasteiger partial charge in [0.25, 0.3) is 0 Å². The van der Waals surface area contributed by atoms with Gasteiger partial charge in [-0.25, -0.2) is 0 Å². The van der Waals surface area contributed by atoms with E-state index in [0.29, 0.717) is 6.61 Å². The van der Waals surface area contributed by atoms with Crippen molar-refractivity contribution in [3.63, 3.8) is 0 Å². The van der Waals surface area contributed by atoms with Crippen LogP contribution in [-0.4, -0.2) is 32.5 Å². The van der Waals surface area contributed by atoms with Gasteiger partial charge in [0.2, 0.25) is 0 Å². The molecule has 1 aromatic carbocycles. The fourth-order valence-electron chi connectivity index (χ4n) is 1.52. The summed E-state index contributed by atoms with van der Waals surface area (Å²) in [6.07, 6.45) is 0. The number of likely N-dealkylation sites (N-methyl/N-ethyl adjacent to an activating group) is 1. The van der Waals surface area contributed by atoms with Gasteiger partial charge >= 0.3 is 0 Å². The van der Waals surface area contributed by atoms with Gasteiger partial charge in [-0.1, -0.05) is 30.3 Å². The minimum Gasteiger partial charge on any atom is -0.394 e. The van der Waals surface area contributed by atoms with Gasteiger partial charge in [0.05, 0.1) is 18.8 Å². The van der Waals surface area contributed by atoms with Crippen LogP contribution < -0.4 is 5.32 Å². The van der Waals surface area contributed by atoms with Crippen LogP contribution in [0.1, 0.15) is 5.56 Å². The van der Waals surface area contributed by atoms with Gasteiger partial charge in [-0.05, 0) is 12.6 Å². The Balaban J connectivity index is 2.98. The van der Waals surface area contributed by atoms with Crippen molar-refractivity contribution in [2.75, 3.05) is 27.4 Å². The maximum atomic E-state index is 9.42. The summed E-state index contributed by atoms with van der Waals surface area (Å²) in [5, 5.41) is 12.5. The zero-order chi connectivity index (χ0) is 10.4. The SMILES string of the molecule is CNC(CO)(COC)c1ccccc1. The number of benzene rings is 1. The van der Waals surface area contributed by atoms with Crippen LogP contribution in [0.5, 0.6) is 0 Å². The molecule has 1 aromatic rings. The summed E-state index contributed by atoms with van der Waals surface area (Å²) in [6.45, 7) is 0.464. The van der Waals surface area contributed by atoms with Crippen LogP contribution in [0.4, 0.5) is 0 Å². The van der Waals surface area contributed by atoms with Gasteiger partial charge in [-0.15, -0.1) is 0 Å². The zero-order valence-electron chi connectivity index (χ0n) is 8.66. The third-order valence-electron chi connectivity index (χ3n) is 2.47. The third kappa shape index (κ3) is 2.12. The molecule has 0 heterocycles. The van der Waals surface area contributed by atoms with Crippen molar-refractivity contribution in [1.29, 1.82) is 0 Å². The summed E-state index contributed by atoms with van der Waals surface area (Å²) in [5.41, 5.74) is 0.544. The molecule has 1 atom stereocenters. The highest BCUT2D eigenvalue weighted by Gasteiger charge is 2.29. The van der Waals surface area contributed by atoms with E-state index >= 15 is 0 Å². The van der Waals surface area contributed by atoms with E-state index in [0.717, 1.165) is 5.56 Å². The van der Waals surface area contributed by atoms with E-state index in [1.54, 1.807) is 7.11 Å². The molecule has 0 radical (unpaired) electrons. The van der Waals surface area contributed by atoms with Gasteiger partial charge in [0.1, 0.15) is 0 Å². The predicted molar refractivity (Wildman–Crippen MR) is 56.1 cm³/mol. The predicted octanol–water partition coefficient (Wildman–Crippen LogP) is 0.740. The first kappa shape index (κ1) is 11.2. The average molecular weight is 195 g/mol. The Bertz CT molecular complexity index is 257. The Morgan fingerprint density at radius 3 is 2.43 bits per heavy atom. The summed E-state index contributed by atoms with van der Waals surface area (Å²) in [7, 11) is 3.45. The Hall–Kier alpha value is -0.900. The van der Waals surface area contributed by atoms with Crippen LogP contribution >= 0.6 is 0 Å². The van der Waals surface area contributed by atoms with Crippen molar-refractivity contribution in [3.8, 4) is 0 Å². The van der Waals surface area contributed by atoms with E-state index in [-0.39, 0.29) is 6.61 Å². The fourth-order valence-corrected chi connectivity index (χ4v) is 1.52. The van der Waals surface area contributed by atoms with E-state index in [1.807, 2.05) is 37.4 Å². The second-order valence-corrected chi connectivity index (χ2v) is 3.29. The number of rotatable bonds is 5. The van der Waals surface area contributed by atoms with Gasteiger partial charge < -0.3 is 15.2 Å². The highest BCUT2D eigenvalue weighted by Crippen LogP contribution is 2.20. The number of hydrogen-bond acceptors (Lipinski definition) is 3. The Morgan fingerprint density at radius 1 is 1.36 bits per heavy atom. The van der Waals surface area contributed by atoms with Gasteiger partial charge in [0, 0.05) is 7.11 Å². The van der Waals surface area contributed by atoms with E-state index in [4.69, 9.17) is 4.74 Å². The van der Waals surface area contributed by atoms with Gasteiger partial charge in [-0.2, -0.15) is 0 Å². The smallest absolute Gasteiger partial charge is 0.0903 e. The molecule has 0 amide bonds. The molecule has 1 rings (SSSR count). The van der Waals surface area contributed by atoms with Crippen LogP contribution in [0, 0.1) is 0 Å². The van der Waals surface area contributed by atoms with Crippen LogP contribution in [0.15, 0.2) is 30.3 Å². The molecule has 0 saturated heterocycles. The number of nitrogens with one attached hydrogen (secondary N) is 1. The second-order valence-electron chi connectivity index (χ2n) is 3.29.